The van der Waals surface area contributed by atoms with Crippen LogP contribution < -0.4 is 10.6 Å². The van der Waals surface area contributed by atoms with Crippen LogP contribution in [0, 0.1) is 0 Å². The minimum absolute atomic E-state index is 0.0514. The van der Waals surface area contributed by atoms with E-state index in [9.17, 15) is 4.79 Å². The van der Waals surface area contributed by atoms with Gasteiger partial charge in [0.05, 0.1) is 6.04 Å². The molecule has 1 aromatic rings. The number of carbonyl (C=O) groups is 1. The summed E-state index contributed by atoms with van der Waals surface area (Å²) < 4.78 is 0. The molecule has 2 rings (SSSR count). The Bertz CT molecular complexity index is 372. The maximum absolute atomic E-state index is 11.9. The summed E-state index contributed by atoms with van der Waals surface area (Å²) in [6, 6.07) is 7.84. The van der Waals surface area contributed by atoms with Crippen molar-refractivity contribution >= 4 is 11.6 Å². The first-order valence-electron chi connectivity index (χ1n) is 5.88. The fourth-order valence-electron chi connectivity index (χ4n) is 2.07. The fraction of sp³-hybridized carbons (Fsp3) is 0.462. The lowest BCUT2D eigenvalue weighted by Crippen LogP contribution is -2.48. The molecule has 0 bridgehead atoms. The zero-order valence-corrected chi connectivity index (χ0v) is 9.65. The Hall–Kier alpha value is -1.35. The van der Waals surface area contributed by atoms with Crippen LogP contribution in [-0.4, -0.2) is 18.5 Å². The van der Waals surface area contributed by atoms with Gasteiger partial charge < -0.3 is 10.6 Å². The third-order valence-corrected chi connectivity index (χ3v) is 3.14. The van der Waals surface area contributed by atoms with Gasteiger partial charge in [0.15, 0.2) is 0 Å². The van der Waals surface area contributed by atoms with E-state index in [1.54, 1.807) is 4.90 Å². The minimum atomic E-state index is -0.320. The van der Waals surface area contributed by atoms with E-state index in [1.807, 2.05) is 12.1 Å². The second kappa shape index (κ2) is 4.66. The Morgan fingerprint density at radius 3 is 2.69 bits per heavy atom. The van der Waals surface area contributed by atoms with Crippen molar-refractivity contribution in [3.63, 3.8) is 0 Å². The van der Waals surface area contributed by atoms with E-state index in [2.05, 4.69) is 19.1 Å². The number of amides is 1. The lowest BCUT2D eigenvalue weighted by molar-refractivity contribution is -0.120. The molecule has 1 saturated heterocycles. The molecule has 0 radical (unpaired) electrons. The van der Waals surface area contributed by atoms with Crippen LogP contribution in [0.15, 0.2) is 24.3 Å². The Labute approximate surface area is 96.2 Å². The Kier molecular flexibility index (Phi) is 3.25. The molecular formula is C13H18N2O. The maximum Gasteiger partial charge on any atom is 0.243 e. The van der Waals surface area contributed by atoms with Gasteiger partial charge in [0.1, 0.15) is 0 Å². The third-order valence-electron chi connectivity index (χ3n) is 3.14. The number of nitrogens with two attached hydrogens (primary N) is 1. The molecule has 16 heavy (non-hydrogen) atoms. The lowest BCUT2D eigenvalue weighted by Gasteiger charge is -2.30. The topological polar surface area (TPSA) is 46.3 Å². The van der Waals surface area contributed by atoms with E-state index in [-0.39, 0.29) is 11.9 Å². The normalized spacial score (nSPS) is 21.2. The molecule has 0 aliphatic carbocycles. The zero-order chi connectivity index (χ0) is 11.5. The smallest absolute Gasteiger partial charge is 0.243 e. The number of nitrogens with zero attached hydrogens (tertiary/aromatic N) is 1. The van der Waals surface area contributed by atoms with E-state index in [4.69, 9.17) is 5.73 Å². The summed E-state index contributed by atoms with van der Waals surface area (Å²) in [5.74, 6) is 0.0514. The number of anilines is 1. The van der Waals surface area contributed by atoms with E-state index in [0.29, 0.717) is 0 Å². The molecule has 1 heterocycles. The summed E-state index contributed by atoms with van der Waals surface area (Å²) in [5, 5.41) is 0. The van der Waals surface area contributed by atoms with Gasteiger partial charge in [-0.1, -0.05) is 19.1 Å². The van der Waals surface area contributed by atoms with Crippen LogP contribution >= 0.6 is 0 Å². The summed E-state index contributed by atoms with van der Waals surface area (Å²) in [7, 11) is 0. The molecule has 1 aliphatic rings. The first-order valence-corrected chi connectivity index (χ1v) is 5.88. The molecule has 3 nitrogen and oxygen atoms in total. The lowest BCUT2D eigenvalue weighted by atomic mass is 10.0. The molecule has 0 aromatic heterocycles. The largest absolute Gasteiger partial charge is 0.320 e. The van der Waals surface area contributed by atoms with Crippen LogP contribution in [0.2, 0.25) is 0 Å². The summed E-state index contributed by atoms with van der Waals surface area (Å²) in [6.07, 6.45) is 2.82. The van der Waals surface area contributed by atoms with Gasteiger partial charge >= 0.3 is 0 Å². The highest BCUT2D eigenvalue weighted by Crippen LogP contribution is 2.20. The second-order valence-electron chi connectivity index (χ2n) is 4.26. The highest BCUT2D eigenvalue weighted by molar-refractivity contribution is 5.97. The number of aryl methyl sites for hydroxylation is 1. The minimum Gasteiger partial charge on any atom is -0.320 e. The fourth-order valence-corrected chi connectivity index (χ4v) is 2.07. The van der Waals surface area contributed by atoms with Gasteiger partial charge in [-0.25, -0.2) is 0 Å². The maximum atomic E-state index is 11.9. The molecule has 0 spiro atoms. The monoisotopic (exact) mass is 218 g/mol. The van der Waals surface area contributed by atoms with E-state index in [0.717, 1.165) is 31.5 Å². The predicted octanol–water partition coefficient (Wildman–Crippen LogP) is 1.70. The molecule has 1 aliphatic heterocycles. The van der Waals surface area contributed by atoms with Crippen LogP contribution in [0.25, 0.3) is 0 Å². The van der Waals surface area contributed by atoms with Crippen molar-refractivity contribution in [3.8, 4) is 0 Å². The number of rotatable bonds is 2. The number of carbonyl (C=O) groups excluding carboxylic acids is 1. The van der Waals surface area contributed by atoms with E-state index in [1.165, 1.54) is 5.56 Å². The first kappa shape index (κ1) is 11.1. The Balaban J connectivity index is 2.19. The standard InChI is InChI=1S/C13H18N2O/c1-2-10-5-7-11(8-6-10)15-9-3-4-12(14)13(15)16/h5-8,12H,2-4,9,14H2,1H3. The summed E-state index contributed by atoms with van der Waals surface area (Å²) >= 11 is 0. The van der Waals surface area contributed by atoms with Crippen LogP contribution in [0.5, 0.6) is 0 Å². The van der Waals surface area contributed by atoms with E-state index < -0.39 is 0 Å². The molecule has 2 N–H and O–H groups in total. The quantitative estimate of drug-likeness (QED) is 0.821. The zero-order valence-electron chi connectivity index (χ0n) is 9.65. The van der Waals surface area contributed by atoms with Gasteiger partial charge in [0.25, 0.3) is 0 Å². The van der Waals surface area contributed by atoms with Gasteiger partial charge in [-0.3, -0.25) is 4.79 Å². The molecule has 0 saturated carbocycles. The van der Waals surface area contributed by atoms with E-state index >= 15 is 0 Å². The Morgan fingerprint density at radius 2 is 2.06 bits per heavy atom. The summed E-state index contributed by atoms with van der Waals surface area (Å²) in [4.78, 5) is 13.7. The molecule has 1 aromatic carbocycles. The van der Waals surface area contributed by atoms with Crippen molar-refractivity contribution < 1.29 is 4.79 Å². The highest BCUT2D eigenvalue weighted by atomic mass is 16.2. The van der Waals surface area contributed by atoms with Gasteiger partial charge in [0, 0.05) is 12.2 Å². The third kappa shape index (κ3) is 2.09. The first-order chi connectivity index (χ1) is 7.72. The van der Waals surface area contributed by atoms with Gasteiger partial charge in [0.2, 0.25) is 5.91 Å². The van der Waals surface area contributed by atoms with Crippen molar-refractivity contribution in [2.24, 2.45) is 5.73 Å². The molecule has 1 atom stereocenters. The van der Waals surface area contributed by atoms with Gasteiger partial charge in [-0.15, -0.1) is 0 Å². The van der Waals surface area contributed by atoms with Gasteiger partial charge in [-0.05, 0) is 37.0 Å². The second-order valence-corrected chi connectivity index (χ2v) is 4.26. The highest BCUT2D eigenvalue weighted by Gasteiger charge is 2.26. The SMILES string of the molecule is CCc1ccc(N2CCCC(N)C2=O)cc1. The van der Waals surface area contributed by atoms with Crippen molar-refractivity contribution in [1.29, 1.82) is 0 Å². The number of benzene rings is 1. The summed E-state index contributed by atoms with van der Waals surface area (Å²) in [5.41, 5.74) is 8.03. The van der Waals surface area contributed by atoms with Crippen LogP contribution in [0.1, 0.15) is 25.3 Å². The van der Waals surface area contributed by atoms with Crippen LogP contribution in [-0.2, 0) is 11.2 Å². The van der Waals surface area contributed by atoms with Crippen LogP contribution in [0.3, 0.4) is 0 Å². The molecule has 1 amide bonds. The number of piperidine rings is 1. The Morgan fingerprint density at radius 1 is 1.38 bits per heavy atom. The summed E-state index contributed by atoms with van der Waals surface area (Å²) in [6.45, 7) is 2.91. The molecule has 3 heteroatoms. The molecular weight excluding hydrogens is 200 g/mol. The average molecular weight is 218 g/mol. The van der Waals surface area contributed by atoms with Crippen molar-refractivity contribution in [2.45, 2.75) is 32.2 Å². The number of hydrogen-bond acceptors (Lipinski definition) is 2. The predicted molar refractivity (Wildman–Crippen MR) is 65.4 cm³/mol. The molecule has 1 unspecified atom stereocenters. The van der Waals surface area contributed by atoms with Crippen molar-refractivity contribution in [1.82, 2.24) is 0 Å². The molecule has 1 fully saturated rings. The van der Waals surface area contributed by atoms with Crippen molar-refractivity contribution in [2.75, 3.05) is 11.4 Å². The van der Waals surface area contributed by atoms with Gasteiger partial charge in [-0.2, -0.15) is 0 Å². The number of hydrogen-bond donors (Lipinski definition) is 1. The van der Waals surface area contributed by atoms with Crippen molar-refractivity contribution in [3.05, 3.63) is 29.8 Å². The molecule has 86 valence electrons. The van der Waals surface area contributed by atoms with Crippen LogP contribution in [0.4, 0.5) is 5.69 Å². The average Bonchev–Trinajstić information content (AvgIpc) is 2.33.